The third kappa shape index (κ3) is 2.97. The molecule has 2 aromatic carbocycles. The fourth-order valence-electron chi connectivity index (χ4n) is 2.95. The minimum atomic E-state index is -0.314. The molecule has 4 rings (SSSR count). The second-order valence-electron chi connectivity index (χ2n) is 6.17. The molecule has 0 fully saturated rings. The molecular formula is C20H17N3O3. The summed E-state index contributed by atoms with van der Waals surface area (Å²) in [5, 5.41) is 9.21. The van der Waals surface area contributed by atoms with E-state index in [1.807, 2.05) is 49.4 Å². The quantitative estimate of drug-likeness (QED) is 0.616. The van der Waals surface area contributed by atoms with Crippen LogP contribution < -0.4 is 10.9 Å². The van der Waals surface area contributed by atoms with Crippen molar-refractivity contribution in [3.05, 3.63) is 76.9 Å². The van der Waals surface area contributed by atoms with E-state index in [4.69, 9.17) is 4.42 Å². The van der Waals surface area contributed by atoms with Crippen LogP contribution in [0.5, 0.6) is 0 Å². The summed E-state index contributed by atoms with van der Waals surface area (Å²) in [4.78, 5) is 24.8. The zero-order valence-electron chi connectivity index (χ0n) is 14.2. The highest BCUT2D eigenvalue weighted by molar-refractivity contribution is 5.81. The first-order chi connectivity index (χ1) is 12.6. The topological polar surface area (TPSA) is 77.1 Å². The van der Waals surface area contributed by atoms with Crippen molar-refractivity contribution in [2.24, 2.45) is 0 Å². The lowest BCUT2D eigenvalue weighted by molar-refractivity contribution is -0.122. The van der Waals surface area contributed by atoms with Crippen LogP contribution in [0, 0.1) is 0 Å². The van der Waals surface area contributed by atoms with Gasteiger partial charge in [0.2, 0.25) is 5.91 Å². The Morgan fingerprint density at radius 2 is 1.88 bits per heavy atom. The fourth-order valence-corrected chi connectivity index (χ4v) is 2.95. The Bertz CT molecular complexity index is 1130. The number of nitrogens with zero attached hydrogens (tertiary/aromatic N) is 2. The molecule has 0 radical (unpaired) electrons. The van der Waals surface area contributed by atoms with Crippen LogP contribution in [-0.4, -0.2) is 15.7 Å². The van der Waals surface area contributed by atoms with Crippen molar-refractivity contribution >= 4 is 27.6 Å². The van der Waals surface area contributed by atoms with Gasteiger partial charge in [0, 0.05) is 10.8 Å². The Balaban J connectivity index is 1.51. The van der Waals surface area contributed by atoms with Gasteiger partial charge < -0.3 is 9.73 Å². The molecule has 0 bridgehead atoms. The lowest BCUT2D eigenvalue weighted by atomic mass is 10.2. The third-order valence-corrected chi connectivity index (χ3v) is 4.30. The molecule has 130 valence electrons. The lowest BCUT2D eigenvalue weighted by Crippen LogP contribution is -2.34. The van der Waals surface area contributed by atoms with E-state index in [1.54, 1.807) is 18.3 Å². The molecule has 1 amide bonds. The van der Waals surface area contributed by atoms with Crippen LogP contribution in [-0.2, 0) is 11.3 Å². The summed E-state index contributed by atoms with van der Waals surface area (Å²) in [6.07, 6.45) is 1.59. The number of rotatable bonds is 4. The smallest absolute Gasteiger partial charge is 0.275 e. The Kier molecular flexibility index (Phi) is 4.01. The summed E-state index contributed by atoms with van der Waals surface area (Å²) in [5.74, 6) is 0.362. The number of hydrogen-bond acceptors (Lipinski definition) is 4. The third-order valence-electron chi connectivity index (χ3n) is 4.30. The zero-order chi connectivity index (χ0) is 18.1. The van der Waals surface area contributed by atoms with E-state index in [9.17, 15) is 9.59 Å². The summed E-state index contributed by atoms with van der Waals surface area (Å²) in [5.41, 5.74) is 0.491. The van der Waals surface area contributed by atoms with Gasteiger partial charge in [-0.3, -0.25) is 9.59 Å². The SMILES string of the molecule is C[C@@H](NC(=O)Cn1ncc2ccccc2c1=O)c1cc2ccccc2o1. The number of fused-ring (bicyclic) bond motifs is 2. The molecule has 2 heterocycles. The zero-order valence-corrected chi connectivity index (χ0v) is 14.2. The van der Waals surface area contributed by atoms with Crippen molar-refractivity contribution < 1.29 is 9.21 Å². The van der Waals surface area contributed by atoms with E-state index in [1.165, 1.54) is 4.68 Å². The number of carbonyl (C=O) groups is 1. The molecule has 0 spiro atoms. The van der Waals surface area contributed by atoms with Gasteiger partial charge >= 0.3 is 0 Å². The fraction of sp³-hybridized carbons (Fsp3) is 0.150. The molecule has 6 nitrogen and oxygen atoms in total. The maximum Gasteiger partial charge on any atom is 0.275 e. The monoisotopic (exact) mass is 347 g/mol. The highest BCUT2D eigenvalue weighted by Gasteiger charge is 2.15. The number of carbonyl (C=O) groups excluding carboxylic acids is 1. The summed E-state index contributed by atoms with van der Waals surface area (Å²) in [7, 11) is 0. The van der Waals surface area contributed by atoms with Gasteiger partial charge in [0.05, 0.1) is 17.6 Å². The van der Waals surface area contributed by atoms with Crippen molar-refractivity contribution in [1.29, 1.82) is 0 Å². The van der Waals surface area contributed by atoms with E-state index in [2.05, 4.69) is 10.4 Å². The van der Waals surface area contributed by atoms with Gasteiger partial charge in [-0.15, -0.1) is 0 Å². The van der Waals surface area contributed by atoms with E-state index < -0.39 is 0 Å². The van der Waals surface area contributed by atoms with Crippen LogP contribution >= 0.6 is 0 Å². The first-order valence-corrected chi connectivity index (χ1v) is 8.34. The van der Waals surface area contributed by atoms with Crippen LogP contribution in [0.3, 0.4) is 0 Å². The van der Waals surface area contributed by atoms with Gasteiger partial charge in [0.1, 0.15) is 17.9 Å². The summed E-state index contributed by atoms with van der Waals surface area (Å²) < 4.78 is 6.93. The average Bonchev–Trinajstić information content (AvgIpc) is 3.09. The predicted molar refractivity (Wildman–Crippen MR) is 98.8 cm³/mol. The second-order valence-corrected chi connectivity index (χ2v) is 6.17. The van der Waals surface area contributed by atoms with Gasteiger partial charge in [-0.25, -0.2) is 4.68 Å². The Labute approximate surface area is 149 Å². The van der Waals surface area contributed by atoms with Gasteiger partial charge in [0.15, 0.2) is 0 Å². The number of furan rings is 1. The Hall–Kier alpha value is -3.41. The molecule has 0 unspecified atom stereocenters. The highest BCUT2D eigenvalue weighted by atomic mass is 16.3. The molecule has 0 saturated carbocycles. The molecule has 1 atom stereocenters. The van der Waals surface area contributed by atoms with Crippen molar-refractivity contribution in [2.75, 3.05) is 0 Å². The van der Waals surface area contributed by atoms with E-state index >= 15 is 0 Å². The number of amides is 1. The van der Waals surface area contributed by atoms with E-state index in [0.717, 1.165) is 16.4 Å². The maximum absolute atomic E-state index is 12.4. The van der Waals surface area contributed by atoms with Gasteiger partial charge in [0.25, 0.3) is 5.56 Å². The average molecular weight is 347 g/mol. The van der Waals surface area contributed by atoms with Crippen molar-refractivity contribution in [1.82, 2.24) is 15.1 Å². The molecule has 1 N–H and O–H groups in total. The summed E-state index contributed by atoms with van der Waals surface area (Å²) >= 11 is 0. The van der Waals surface area contributed by atoms with Gasteiger partial charge in [-0.2, -0.15) is 5.10 Å². The standard InChI is InChI=1S/C20H17N3O3/c1-13(18-10-14-6-3-5-9-17(14)26-18)22-19(24)12-23-20(25)16-8-4-2-7-15(16)11-21-23/h2-11,13H,12H2,1H3,(H,22,24)/t13-/m1/s1. The molecule has 0 aliphatic heterocycles. The molecule has 2 aromatic heterocycles. The second kappa shape index (κ2) is 6.48. The first kappa shape index (κ1) is 16.1. The Morgan fingerprint density at radius 3 is 2.69 bits per heavy atom. The van der Waals surface area contributed by atoms with Crippen LogP contribution in [0.15, 0.2) is 70.0 Å². The summed E-state index contributed by atoms with van der Waals surface area (Å²) in [6.45, 7) is 1.69. The molecule has 0 aliphatic rings. The maximum atomic E-state index is 12.4. The lowest BCUT2D eigenvalue weighted by Gasteiger charge is -2.12. The molecular weight excluding hydrogens is 330 g/mol. The first-order valence-electron chi connectivity index (χ1n) is 8.34. The van der Waals surface area contributed by atoms with Crippen molar-refractivity contribution in [2.45, 2.75) is 19.5 Å². The predicted octanol–water partition coefficient (Wildman–Crippen LogP) is 3.02. The summed E-state index contributed by atoms with van der Waals surface area (Å²) in [6, 6.07) is 16.4. The Morgan fingerprint density at radius 1 is 1.15 bits per heavy atom. The minimum absolute atomic E-state index is 0.145. The minimum Gasteiger partial charge on any atom is -0.459 e. The van der Waals surface area contributed by atoms with Crippen molar-refractivity contribution in [3.8, 4) is 0 Å². The number of nitrogens with one attached hydrogen (secondary N) is 1. The number of aromatic nitrogens is 2. The molecule has 6 heteroatoms. The van der Waals surface area contributed by atoms with Gasteiger partial charge in [-0.1, -0.05) is 36.4 Å². The largest absolute Gasteiger partial charge is 0.459 e. The van der Waals surface area contributed by atoms with Crippen LogP contribution in [0.2, 0.25) is 0 Å². The van der Waals surface area contributed by atoms with Crippen LogP contribution in [0.4, 0.5) is 0 Å². The van der Waals surface area contributed by atoms with Gasteiger partial charge in [-0.05, 0) is 25.1 Å². The number of benzene rings is 2. The number of hydrogen-bond donors (Lipinski definition) is 1. The van der Waals surface area contributed by atoms with E-state index in [0.29, 0.717) is 11.1 Å². The number of para-hydroxylation sites is 1. The molecule has 0 saturated heterocycles. The highest BCUT2D eigenvalue weighted by Crippen LogP contribution is 2.23. The van der Waals surface area contributed by atoms with E-state index in [-0.39, 0.29) is 24.1 Å². The normalized spacial score (nSPS) is 12.3. The molecule has 4 aromatic rings. The van der Waals surface area contributed by atoms with Crippen LogP contribution in [0.25, 0.3) is 21.7 Å². The molecule has 26 heavy (non-hydrogen) atoms. The van der Waals surface area contributed by atoms with Crippen molar-refractivity contribution in [3.63, 3.8) is 0 Å². The van der Waals surface area contributed by atoms with Crippen LogP contribution in [0.1, 0.15) is 18.7 Å². The molecule has 0 aliphatic carbocycles.